The smallest absolute Gasteiger partial charge is 0.121 e. The molecule has 0 spiro atoms. The molecule has 20 heavy (non-hydrogen) atoms. The lowest BCUT2D eigenvalue weighted by Crippen LogP contribution is -2.37. The van der Waals surface area contributed by atoms with Crippen LogP contribution >= 0.6 is 0 Å². The van der Waals surface area contributed by atoms with Gasteiger partial charge >= 0.3 is 0 Å². The van der Waals surface area contributed by atoms with Crippen molar-refractivity contribution in [3.8, 4) is 0 Å². The lowest BCUT2D eigenvalue weighted by molar-refractivity contribution is 0.168. The summed E-state index contributed by atoms with van der Waals surface area (Å²) < 4.78 is 0. The number of fused-ring (bicyclic) bond motifs is 1. The summed E-state index contributed by atoms with van der Waals surface area (Å²) in [5, 5.41) is 9.91. The summed E-state index contributed by atoms with van der Waals surface area (Å²) >= 11 is 0. The van der Waals surface area contributed by atoms with Crippen molar-refractivity contribution in [1.29, 1.82) is 0 Å². The van der Waals surface area contributed by atoms with E-state index < -0.39 is 0 Å². The zero-order chi connectivity index (χ0) is 14.1. The predicted molar refractivity (Wildman–Crippen MR) is 79.5 cm³/mol. The highest BCUT2D eigenvalue weighted by molar-refractivity contribution is 5.74. The van der Waals surface area contributed by atoms with E-state index in [4.69, 9.17) is 0 Å². The maximum Gasteiger partial charge on any atom is 0.121 e. The average molecular weight is 274 g/mol. The first-order chi connectivity index (χ1) is 9.61. The van der Waals surface area contributed by atoms with Gasteiger partial charge in [0.05, 0.1) is 23.7 Å². The number of aliphatic hydroxyl groups excluding tert-OH is 1. The molecule has 3 rings (SSSR count). The second-order valence-electron chi connectivity index (χ2n) is 5.94. The Bertz CT molecular complexity index is 547. The minimum absolute atomic E-state index is 0.218. The molecule has 1 aliphatic rings. The molecule has 5 nitrogen and oxygen atoms in total. The Hall–Kier alpha value is -1.43. The molecule has 1 aromatic carbocycles. The molecule has 0 bridgehead atoms. The molecule has 2 unspecified atom stereocenters. The van der Waals surface area contributed by atoms with Gasteiger partial charge in [-0.15, -0.1) is 0 Å². The van der Waals surface area contributed by atoms with Crippen molar-refractivity contribution in [3.63, 3.8) is 0 Å². The number of rotatable bonds is 4. The van der Waals surface area contributed by atoms with Gasteiger partial charge < -0.3 is 15.0 Å². The van der Waals surface area contributed by atoms with Crippen molar-refractivity contribution in [3.05, 3.63) is 30.1 Å². The van der Waals surface area contributed by atoms with E-state index in [1.54, 1.807) is 0 Å². The second-order valence-corrected chi connectivity index (χ2v) is 5.94. The molecule has 1 fully saturated rings. The predicted octanol–water partition coefficient (Wildman–Crippen LogP) is 1.06. The zero-order valence-corrected chi connectivity index (χ0v) is 12.1. The van der Waals surface area contributed by atoms with Crippen molar-refractivity contribution in [2.75, 3.05) is 27.2 Å². The van der Waals surface area contributed by atoms with E-state index in [-0.39, 0.29) is 6.10 Å². The Balaban J connectivity index is 1.75. The Morgan fingerprint density at radius 2 is 2.20 bits per heavy atom. The van der Waals surface area contributed by atoms with Crippen LogP contribution in [0.15, 0.2) is 24.3 Å². The summed E-state index contributed by atoms with van der Waals surface area (Å²) in [5.74, 6) is 0.976. The lowest BCUT2D eigenvalue weighted by atomic mass is 10.2. The molecule has 0 amide bonds. The van der Waals surface area contributed by atoms with Crippen LogP contribution in [0, 0.1) is 0 Å². The molecule has 2 atom stereocenters. The van der Waals surface area contributed by atoms with Crippen molar-refractivity contribution in [2.45, 2.75) is 25.1 Å². The van der Waals surface area contributed by atoms with Gasteiger partial charge in [0.2, 0.25) is 0 Å². The molecule has 5 heteroatoms. The van der Waals surface area contributed by atoms with E-state index in [1.165, 1.54) is 0 Å². The van der Waals surface area contributed by atoms with Crippen molar-refractivity contribution in [1.82, 2.24) is 19.8 Å². The average Bonchev–Trinajstić information content (AvgIpc) is 2.92. The molecule has 0 saturated carbocycles. The van der Waals surface area contributed by atoms with E-state index >= 15 is 0 Å². The fraction of sp³-hybridized carbons (Fsp3) is 0.533. The fourth-order valence-corrected chi connectivity index (χ4v) is 3.04. The quantitative estimate of drug-likeness (QED) is 0.875. The van der Waals surface area contributed by atoms with E-state index in [1.807, 2.05) is 24.3 Å². The number of H-pyrrole nitrogens is 1. The zero-order valence-electron chi connectivity index (χ0n) is 12.1. The molecule has 108 valence electrons. The molecular formula is C15H22N4O. The van der Waals surface area contributed by atoms with Crippen LogP contribution in [-0.2, 0) is 6.54 Å². The third-order valence-electron chi connectivity index (χ3n) is 3.87. The van der Waals surface area contributed by atoms with E-state index in [0.29, 0.717) is 6.04 Å². The number of aromatic amines is 1. The van der Waals surface area contributed by atoms with Crippen LogP contribution in [-0.4, -0.2) is 64.2 Å². The molecule has 2 N–H and O–H groups in total. The van der Waals surface area contributed by atoms with Gasteiger partial charge in [-0.1, -0.05) is 12.1 Å². The number of nitrogens with zero attached hydrogens (tertiary/aromatic N) is 3. The summed E-state index contributed by atoms with van der Waals surface area (Å²) in [7, 11) is 4.15. The largest absolute Gasteiger partial charge is 0.392 e. The first-order valence-corrected chi connectivity index (χ1v) is 7.12. The van der Waals surface area contributed by atoms with Crippen molar-refractivity contribution < 1.29 is 5.11 Å². The van der Waals surface area contributed by atoms with Crippen LogP contribution in [0.25, 0.3) is 11.0 Å². The lowest BCUT2D eigenvalue weighted by Gasteiger charge is -2.25. The van der Waals surface area contributed by atoms with Crippen LogP contribution in [0.5, 0.6) is 0 Å². The number of para-hydroxylation sites is 2. The molecular weight excluding hydrogens is 252 g/mol. The number of hydrogen-bond donors (Lipinski definition) is 2. The topological polar surface area (TPSA) is 55.4 Å². The first-order valence-electron chi connectivity index (χ1n) is 7.12. The number of nitrogens with one attached hydrogen (secondary N) is 1. The Morgan fingerprint density at radius 3 is 2.95 bits per heavy atom. The second kappa shape index (κ2) is 5.52. The van der Waals surface area contributed by atoms with Gasteiger partial charge in [-0.3, -0.25) is 4.90 Å². The minimum atomic E-state index is -0.218. The maximum atomic E-state index is 9.91. The Labute approximate surface area is 119 Å². The normalized spacial score (nSPS) is 24.0. The molecule has 2 aromatic rings. The van der Waals surface area contributed by atoms with Crippen molar-refractivity contribution in [2.24, 2.45) is 0 Å². The number of aliphatic hydroxyl groups is 1. The number of benzene rings is 1. The van der Waals surface area contributed by atoms with Crippen LogP contribution in [0.3, 0.4) is 0 Å². The summed E-state index contributed by atoms with van der Waals surface area (Å²) in [6.45, 7) is 2.47. The van der Waals surface area contributed by atoms with Gasteiger partial charge in [-0.2, -0.15) is 0 Å². The highest BCUT2D eigenvalue weighted by Crippen LogP contribution is 2.21. The van der Waals surface area contributed by atoms with E-state index in [0.717, 1.165) is 42.9 Å². The van der Waals surface area contributed by atoms with Crippen LogP contribution in [0.1, 0.15) is 12.2 Å². The molecule has 0 radical (unpaired) electrons. The fourth-order valence-electron chi connectivity index (χ4n) is 3.04. The van der Waals surface area contributed by atoms with Gasteiger partial charge in [0.25, 0.3) is 0 Å². The molecule has 1 saturated heterocycles. The first kappa shape index (κ1) is 13.5. The number of aromatic nitrogens is 2. The number of β-amino-alcohol motifs (C(OH)–C–C–N with tert-alkyl or cyclic N) is 1. The molecule has 1 aliphatic heterocycles. The third kappa shape index (κ3) is 2.85. The summed E-state index contributed by atoms with van der Waals surface area (Å²) in [6.07, 6.45) is 0.627. The highest BCUT2D eigenvalue weighted by atomic mass is 16.3. The number of likely N-dealkylation sites (tertiary alicyclic amines) is 1. The SMILES string of the molecule is CN(C)CC1CC(O)CN1Cc1nc2ccccc2[nH]1. The van der Waals surface area contributed by atoms with Crippen LogP contribution in [0.2, 0.25) is 0 Å². The van der Waals surface area contributed by atoms with Gasteiger partial charge in [0, 0.05) is 19.1 Å². The summed E-state index contributed by atoms with van der Waals surface area (Å²) in [6, 6.07) is 8.47. The van der Waals surface area contributed by atoms with Gasteiger partial charge in [-0.25, -0.2) is 4.98 Å². The van der Waals surface area contributed by atoms with Gasteiger partial charge in [0.15, 0.2) is 0 Å². The van der Waals surface area contributed by atoms with Gasteiger partial charge in [0.1, 0.15) is 5.82 Å². The van der Waals surface area contributed by atoms with Crippen molar-refractivity contribution >= 4 is 11.0 Å². The maximum absolute atomic E-state index is 9.91. The Morgan fingerprint density at radius 1 is 1.40 bits per heavy atom. The van der Waals surface area contributed by atoms with Gasteiger partial charge in [-0.05, 0) is 32.6 Å². The molecule has 1 aromatic heterocycles. The highest BCUT2D eigenvalue weighted by Gasteiger charge is 2.31. The Kier molecular flexibility index (Phi) is 3.74. The van der Waals surface area contributed by atoms with Crippen LogP contribution in [0.4, 0.5) is 0 Å². The number of hydrogen-bond acceptors (Lipinski definition) is 4. The monoisotopic (exact) mass is 274 g/mol. The minimum Gasteiger partial charge on any atom is -0.392 e. The number of likely N-dealkylation sites (N-methyl/N-ethyl adjacent to an activating group) is 1. The third-order valence-corrected chi connectivity index (χ3v) is 3.87. The van der Waals surface area contributed by atoms with E-state index in [2.05, 4.69) is 33.9 Å². The summed E-state index contributed by atoms with van der Waals surface area (Å²) in [4.78, 5) is 12.5. The van der Waals surface area contributed by atoms with E-state index in [9.17, 15) is 5.11 Å². The van der Waals surface area contributed by atoms with Crippen LogP contribution < -0.4 is 0 Å². The standard InChI is InChI=1S/C15H22N4O/c1-18(2)8-11-7-12(20)9-19(11)10-15-16-13-5-3-4-6-14(13)17-15/h3-6,11-12,20H,7-10H2,1-2H3,(H,16,17). The molecule has 0 aliphatic carbocycles. The summed E-state index contributed by atoms with van der Waals surface area (Å²) in [5.41, 5.74) is 2.08. The molecule has 2 heterocycles. The number of imidazole rings is 1.